The fourth-order valence-electron chi connectivity index (χ4n) is 2.29. The Labute approximate surface area is 85.0 Å². The molecule has 0 radical (unpaired) electrons. The third-order valence-corrected chi connectivity index (χ3v) is 3.25. The summed E-state index contributed by atoms with van der Waals surface area (Å²) in [5.74, 6) is 0.734. The molecule has 0 aromatic heterocycles. The van der Waals surface area contributed by atoms with Crippen LogP contribution >= 0.6 is 0 Å². The van der Waals surface area contributed by atoms with Gasteiger partial charge in [0.1, 0.15) is 0 Å². The average Bonchev–Trinajstić information content (AvgIpc) is 2.47. The molecule has 4 heteroatoms. The number of nitrogens with one attached hydrogen (secondary N) is 2. The Morgan fingerprint density at radius 3 is 2.71 bits per heavy atom. The molecule has 1 amide bonds. The third-order valence-electron chi connectivity index (χ3n) is 3.25. The van der Waals surface area contributed by atoms with Crippen LogP contribution in [0.25, 0.3) is 0 Å². The lowest BCUT2D eigenvalue weighted by atomic mass is 10.0. The minimum Gasteiger partial charge on any atom is -0.353 e. The summed E-state index contributed by atoms with van der Waals surface area (Å²) in [4.78, 5) is 13.6. The fourth-order valence-corrected chi connectivity index (χ4v) is 2.29. The second-order valence-electron chi connectivity index (χ2n) is 4.37. The van der Waals surface area contributed by atoms with Crippen LogP contribution in [0.5, 0.6) is 0 Å². The topological polar surface area (TPSA) is 44.4 Å². The van der Waals surface area contributed by atoms with E-state index in [1.807, 2.05) is 0 Å². The Hall–Kier alpha value is -0.610. The average molecular weight is 197 g/mol. The molecule has 14 heavy (non-hydrogen) atoms. The van der Waals surface area contributed by atoms with Gasteiger partial charge in [0.2, 0.25) is 5.91 Å². The molecule has 0 aromatic rings. The van der Waals surface area contributed by atoms with Gasteiger partial charge in [0.15, 0.2) is 0 Å². The minimum absolute atomic E-state index is 0.220. The molecule has 0 aliphatic carbocycles. The van der Waals surface area contributed by atoms with E-state index in [9.17, 15) is 4.79 Å². The van der Waals surface area contributed by atoms with E-state index in [2.05, 4.69) is 22.5 Å². The summed E-state index contributed by atoms with van der Waals surface area (Å²) in [6, 6.07) is 0.359. The van der Waals surface area contributed by atoms with Gasteiger partial charge in [-0.15, -0.1) is 0 Å². The number of hydrogen-bond acceptors (Lipinski definition) is 3. The Kier molecular flexibility index (Phi) is 3.03. The molecule has 0 aromatic carbocycles. The molecule has 2 fully saturated rings. The van der Waals surface area contributed by atoms with Crippen LogP contribution in [0.4, 0.5) is 0 Å². The predicted octanol–water partition coefficient (Wildman–Crippen LogP) is -0.584. The first kappa shape index (κ1) is 9.93. The first-order valence-electron chi connectivity index (χ1n) is 5.48. The number of piperazine rings is 1. The van der Waals surface area contributed by atoms with Crippen LogP contribution in [-0.4, -0.2) is 49.6 Å². The van der Waals surface area contributed by atoms with E-state index in [0.29, 0.717) is 18.4 Å². The molecule has 0 bridgehead atoms. The van der Waals surface area contributed by atoms with Crippen LogP contribution in [0.2, 0.25) is 0 Å². The van der Waals surface area contributed by atoms with E-state index in [1.54, 1.807) is 0 Å². The molecule has 0 spiro atoms. The number of carbonyl (C=O) groups is 1. The van der Waals surface area contributed by atoms with Gasteiger partial charge in [0.25, 0.3) is 0 Å². The van der Waals surface area contributed by atoms with Crippen LogP contribution in [0.1, 0.15) is 13.3 Å². The second-order valence-corrected chi connectivity index (χ2v) is 4.37. The van der Waals surface area contributed by atoms with E-state index < -0.39 is 0 Å². The van der Waals surface area contributed by atoms with Crippen molar-refractivity contribution in [2.45, 2.75) is 19.4 Å². The Bertz CT molecular complexity index is 213. The normalized spacial score (nSPS) is 34.5. The molecular formula is C10H19N3O. The zero-order chi connectivity index (χ0) is 9.97. The van der Waals surface area contributed by atoms with E-state index in [4.69, 9.17) is 0 Å². The summed E-state index contributed by atoms with van der Waals surface area (Å²) < 4.78 is 0. The highest BCUT2D eigenvalue weighted by Crippen LogP contribution is 2.17. The Balaban J connectivity index is 1.81. The van der Waals surface area contributed by atoms with Gasteiger partial charge in [-0.1, -0.05) is 0 Å². The first-order chi connectivity index (χ1) is 6.75. The highest BCUT2D eigenvalue weighted by atomic mass is 16.2. The molecule has 0 saturated carbocycles. The van der Waals surface area contributed by atoms with Crippen molar-refractivity contribution in [3.05, 3.63) is 0 Å². The standard InChI is InChI=1S/C10H19N3O/c1-8-9(6-10(14)12-8)7-13-4-2-11-3-5-13/h8-9,11H,2-7H2,1H3,(H,12,14)/t8-,9-/m0/s1. The van der Waals surface area contributed by atoms with Crippen molar-refractivity contribution < 1.29 is 4.79 Å². The zero-order valence-corrected chi connectivity index (χ0v) is 8.75. The largest absolute Gasteiger partial charge is 0.353 e. The fraction of sp³-hybridized carbons (Fsp3) is 0.900. The molecule has 2 aliphatic heterocycles. The highest BCUT2D eigenvalue weighted by molar-refractivity contribution is 5.78. The monoisotopic (exact) mass is 197 g/mol. The molecule has 80 valence electrons. The third kappa shape index (κ3) is 2.25. The SMILES string of the molecule is C[C@@H]1NC(=O)C[C@H]1CN1CCNCC1. The first-order valence-corrected chi connectivity index (χ1v) is 5.48. The van der Waals surface area contributed by atoms with Crippen molar-refractivity contribution >= 4 is 5.91 Å². The summed E-state index contributed by atoms with van der Waals surface area (Å²) in [6.45, 7) is 7.60. The summed E-state index contributed by atoms with van der Waals surface area (Å²) in [6.07, 6.45) is 0.713. The van der Waals surface area contributed by atoms with Crippen LogP contribution in [0.3, 0.4) is 0 Å². The van der Waals surface area contributed by atoms with Crippen LogP contribution < -0.4 is 10.6 Å². The zero-order valence-electron chi connectivity index (χ0n) is 8.75. The number of carbonyl (C=O) groups excluding carboxylic acids is 1. The molecule has 2 N–H and O–H groups in total. The van der Waals surface area contributed by atoms with E-state index in [0.717, 1.165) is 32.7 Å². The van der Waals surface area contributed by atoms with Crippen LogP contribution in [-0.2, 0) is 4.79 Å². The van der Waals surface area contributed by atoms with Gasteiger partial charge in [-0.25, -0.2) is 0 Å². The summed E-state index contributed by atoms with van der Waals surface area (Å²) >= 11 is 0. The van der Waals surface area contributed by atoms with Crippen molar-refractivity contribution in [3.8, 4) is 0 Å². The smallest absolute Gasteiger partial charge is 0.220 e. The van der Waals surface area contributed by atoms with Crippen molar-refractivity contribution in [3.63, 3.8) is 0 Å². The Morgan fingerprint density at radius 2 is 2.14 bits per heavy atom. The second kappa shape index (κ2) is 4.28. The van der Waals surface area contributed by atoms with Gasteiger partial charge in [0, 0.05) is 51.1 Å². The molecule has 4 nitrogen and oxygen atoms in total. The maximum Gasteiger partial charge on any atom is 0.220 e. The van der Waals surface area contributed by atoms with Crippen molar-refractivity contribution in [2.75, 3.05) is 32.7 Å². The van der Waals surface area contributed by atoms with Crippen molar-refractivity contribution in [2.24, 2.45) is 5.92 Å². The van der Waals surface area contributed by atoms with Crippen molar-refractivity contribution in [1.82, 2.24) is 15.5 Å². The lowest BCUT2D eigenvalue weighted by molar-refractivity contribution is -0.119. The number of rotatable bonds is 2. The van der Waals surface area contributed by atoms with Gasteiger partial charge < -0.3 is 15.5 Å². The van der Waals surface area contributed by atoms with Gasteiger partial charge in [-0.2, -0.15) is 0 Å². The number of nitrogens with zero attached hydrogens (tertiary/aromatic N) is 1. The summed E-state index contributed by atoms with van der Waals surface area (Å²) in [5, 5.41) is 6.31. The van der Waals surface area contributed by atoms with Crippen LogP contribution in [0.15, 0.2) is 0 Å². The quantitative estimate of drug-likeness (QED) is 0.622. The van der Waals surface area contributed by atoms with Gasteiger partial charge in [-0.3, -0.25) is 4.79 Å². The molecule has 2 rings (SSSR count). The predicted molar refractivity (Wildman–Crippen MR) is 55.0 cm³/mol. The molecule has 2 saturated heterocycles. The van der Waals surface area contributed by atoms with E-state index >= 15 is 0 Å². The molecule has 0 unspecified atom stereocenters. The van der Waals surface area contributed by atoms with Gasteiger partial charge >= 0.3 is 0 Å². The van der Waals surface area contributed by atoms with Crippen LogP contribution in [0, 0.1) is 5.92 Å². The van der Waals surface area contributed by atoms with Gasteiger partial charge in [-0.05, 0) is 6.92 Å². The maximum absolute atomic E-state index is 11.2. The lowest BCUT2D eigenvalue weighted by Gasteiger charge is -2.30. The number of amides is 1. The maximum atomic E-state index is 11.2. The Morgan fingerprint density at radius 1 is 1.43 bits per heavy atom. The molecule has 2 aliphatic rings. The van der Waals surface area contributed by atoms with E-state index in [1.165, 1.54) is 0 Å². The summed E-state index contributed by atoms with van der Waals surface area (Å²) in [5.41, 5.74) is 0. The van der Waals surface area contributed by atoms with Gasteiger partial charge in [0.05, 0.1) is 0 Å². The molecule has 2 atom stereocenters. The van der Waals surface area contributed by atoms with E-state index in [-0.39, 0.29) is 5.91 Å². The molecular weight excluding hydrogens is 178 g/mol. The lowest BCUT2D eigenvalue weighted by Crippen LogP contribution is -2.46. The highest BCUT2D eigenvalue weighted by Gasteiger charge is 2.30. The summed E-state index contributed by atoms with van der Waals surface area (Å²) in [7, 11) is 0. The molecule has 2 heterocycles. The van der Waals surface area contributed by atoms with Crippen molar-refractivity contribution in [1.29, 1.82) is 0 Å². The number of hydrogen-bond donors (Lipinski definition) is 2. The minimum atomic E-state index is 0.220.